The summed E-state index contributed by atoms with van der Waals surface area (Å²) >= 11 is 0. The molecule has 4 atom stereocenters. The first-order chi connectivity index (χ1) is 12.5. The fourth-order valence-corrected chi connectivity index (χ4v) is 3.41. The minimum absolute atomic E-state index is 0. The van der Waals surface area contributed by atoms with Gasteiger partial charge in [0, 0.05) is 13.1 Å². The maximum absolute atomic E-state index is 12.8. The van der Waals surface area contributed by atoms with E-state index in [-0.39, 0.29) is 68.4 Å². The molecule has 1 aliphatic rings. The molecule has 0 unspecified atom stereocenters. The molecule has 0 aromatic heterocycles. The predicted octanol–water partition coefficient (Wildman–Crippen LogP) is -1.49. The van der Waals surface area contributed by atoms with E-state index in [4.69, 9.17) is 33.0 Å². The third kappa shape index (κ3) is 9.42. The quantitative estimate of drug-likeness (QED) is 0.0857. The van der Waals surface area contributed by atoms with E-state index in [1.165, 1.54) is 4.90 Å². The summed E-state index contributed by atoms with van der Waals surface area (Å²) in [5.41, 5.74) is 21.0. The van der Waals surface area contributed by atoms with Crippen molar-refractivity contribution in [1.82, 2.24) is 4.90 Å². The number of piperidine rings is 1. The van der Waals surface area contributed by atoms with Gasteiger partial charge in [0.2, 0.25) is 5.91 Å². The van der Waals surface area contributed by atoms with E-state index in [2.05, 4.69) is 4.99 Å². The van der Waals surface area contributed by atoms with Crippen LogP contribution in [0, 0.1) is 5.92 Å². The molecule has 30 heavy (non-hydrogen) atoms. The van der Waals surface area contributed by atoms with Crippen molar-refractivity contribution in [3.05, 3.63) is 0 Å². The van der Waals surface area contributed by atoms with Crippen LogP contribution in [0.2, 0.25) is 6.32 Å². The highest BCUT2D eigenvalue weighted by atomic mass is 35.5. The van der Waals surface area contributed by atoms with Crippen LogP contribution in [0.4, 0.5) is 0 Å². The van der Waals surface area contributed by atoms with Crippen molar-refractivity contribution in [3.8, 4) is 0 Å². The summed E-state index contributed by atoms with van der Waals surface area (Å²) in [6, 6.07) is -1.58. The number of carbonyl (C=O) groups is 2. The maximum Gasteiger partial charge on any atom is 0.451 e. The molecule has 1 rings (SSSR count). The summed E-state index contributed by atoms with van der Waals surface area (Å²) < 4.78 is 0. The summed E-state index contributed by atoms with van der Waals surface area (Å²) in [4.78, 5) is 29.8. The van der Waals surface area contributed by atoms with E-state index in [1.54, 1.807) is 6.92 Å². The molecular formula is C15H34BCl3N6O5. The zero-order valence-corrected chi connectivity index (χ0v) is 19.3. The van der Waals surface area contributed by atoms with Gasteiger partial charge >= 0.3 is 13.1 Å². The maximum atomic E-state index is 12.8. The fourth-order valence-electron chi connectivity index (χ4n) is 3.41. The SMILES string of the molecule is C[C@@H]1N(C(=O)[C@@H](N)CCCN=C(N)N)C[C@@H](CCB(O)O)C[C@]1(N)C(=O)O.Cl.Cl.Cl. The van der Waals surface area contributed by atoms with E-state index < -0.39 is 36.6 Å². The number of carboxylic acids is 1. The second-order valence-corrected chi connectivity index (χ2v) is 7.20. The first-order valence-corrected chi connectivity index (χ1v) is 8.98. The number of guanidine groups is 1. The first-order valence-electron chi connectivity index (χ1n) is 8.98. The van der Waals surface area contributed by atoms with Crippen LogP contribution in [-0.4, -0.2) is 75.7 Å². The number of carboxylic acid groups (broad SMARTS) is 1. The number of nitrogens with two attached hydrogens (primary N) is 4. The number of likely N-dealkylation sites (tertiary alicyclic amines) is 1. The van der Waals surface area contributed by atoms with Crippen LogP contribution in [0.3, 0.4) is 0 Å². The molecule has 1 aliphatic heterocycles. The van der Waals surface area contributed by atoms with Gasteiger partial charge in [-0.25, -0.2) is 0 Å². The van der Waals surface area contributed by atoms with E-state index >= 15 is 0 Å². The largest absolute Gasteiger partial charge is 0.480 e. The van der Waals surface area contributed by atoms with Gasteiger partial charge in [-0.1, -0.05) is 6.42 Å². The van der Waals surface area contributed by atoms with Crippen molar-refractivity contribution in [2.45, 2.75) is 56.5 Å². The number of hydrogen-bond donors (Lipinski definition) is 7. The van der Waals surface area contributed by atoms with Crippen LogP contribution in [0.1, 0.15) is 32.6 Å². The second kappa shape index (κ2) is 14.9. The van der Waals surface area contributed by atoms with Gasteiger partial charge in [0.15, 0.2) is 5.96 Å². The second-order valence-electron chi connectivity index (χ2n) is 7.20. The Bertz CT molecular complexity index is 573. The smallest absolute Gasteiger partial charge is 0.451 e. The van der Waals surface area contributed by atoms with Crippen molar-refractivity contribution in [3.63, 3.8) is 0 Å². The molecule has 15 heteroatoms. The lowest BCUT2D eigenvalue weighted by Gasteiger charge is -2.48. The lowest BCUT2D eigenvalue weighted by molar-refractivity contribution is -0.154. The molecule has 0 radical (unpaired) electrons. The average molecular weight is 496 g/mol. The molecule has 1 heterocycles. The molecule has 0 aliphatic carbocycles. The Labute approximate surface area is 195 Å². The van der Waals surface area contributed by atoms with Crippen LogP contribution in [0.15, 0.2) is 4.99 Å². The molecule has 178 valence electrons. The van der Waals surface area contributed by atoms with Crippen molar-refractivity contribution >= 4 is 62.2 Å². The Balaban J connectivity index is -0.00000243. The van der Waals surface area contributed by atoms with Gasteiger partial charge in [-0.05, 0) is 38.4 Å². The van der Waals surface area contributed by atoms with E-state index in [0.717, 1.165) is 0 Å². The van der Waals surface area contributed by atoms with Crippen molar-refractivity contribution in [2.75, 3.05) is 13.1 Å². The van der Waals surface area contributed by atoms with E-state index in [0.29, 0.717) is 25.8 Å². The summed E-state index contributed by atoms with van der Waals surface area (Å²) in [6.45, 7) is 2.20. The third-order valence-electron chi connectivity index (χ3n) is 5.09. The number of halogens is 3. The highest BCUT2D eigenvalue weighted by Gasteiger charge is 2.50. The van der Waals surface area contributed by atoms with Gasteiger partial charge in [0.05, 0.1) is 12.1 Å². The highest BCUT2D eigenvalue weighted by molar-refractivity contribution is 6.40. The van der Waals surface area contributed by atoms with E-state index in [9.17, 15) is 14.7 Å². The van der Waals surface area contributed by atoms with Crippen LogP contribution >= 0.6 is 37.2 Å². The first kappa shape index (κ1) is 33.6. The lowest BCUT2D eigenvalue weighted by atomic mass is 9.72. The topological polar surface area (TPSA) is 215 Å². The summed E-state index contributed by atoms with van der Waals surface area (Å²) in [5, 5.41) is 27.7. The minimum atomic E-state index is -1.63. The molecule has 1 amide bonds. The number of hydrogen-bond acceptors (Lipinski definition) is 7. The van der Waals surface area contributed by atoms with Gasteiger partial charge in [0.25, 0.3) is 0 Å². The number of nitrogens with zero attached hydrogens (tertiary/aromatic N) is 2. The Morgan fingerprint density at radius 3 is 2.30 bits per heavy atom. The minimum Gasteiger partial charge on any atom is -0.480 e. The molecule has 1 fully saturated rings. The van der Waals surface area contributed by atoms with Crippen LogP contribution in [0.5, 0.6) is 0 Å². The van der Waals surface area contributed by atoms with E-state index in [1.807, 2.05) is 0 Å². The number of aliphatic imine (C=N–C) groups is 1. The Morgan fingerprint density at radius 1 is 1.27 bits per heavy atom. The monoisotopic (exact) mass is 494 g/mol. The Hall–Kier alpha value is -1.02. The molecule has 0 aromatic rings. The number of amides is 1. The standard InChI is InChI=1S/C15H31BN6O5.3ClH/c1-9-15(20,13(24)25)7-10(4-5-16(26)27)8-22(9)12(23)11(17)3-2-6-21-14(18)19;;;/h9-11,26-27H,2-8,17,20H2,1H3,(H,24,25)(H4,18,19,21);3*1H/t9-,10-,11-,15+;;;/m0.../s1. The molecule has 11 N–H and O–H groups in total. The van der Waals surface area contributed by atoms with Crippen molar-refractivity contribution < 1.29 is 24.7 Å². The fraction of sp³-hybridized carbons (Fsp3) is 0.800. The van der Waals surface area contributed by atoms with Gasteiger partial charge in [-0.2, -0.15) is 0 Å². The number of carbonyl (C=O) groups excluding carboxylic acids is 1. The lowest BCUT2D eigenvalue weighted by Crippen LogP contribution is -2.69. The summed E-state index contributed by atoms with van der Waals surface area (Å²) in [7, 11) is -1.50. The van der Waals surface area contributed by atoms with Gasteiger partial charge in [0.1, 0.15) is 5.54 Å². The van der Waals surface area contributed by atoms with Crippen molar-refractivity contribution in [1.29, 1.82) is 0 Å². The molecule has 0 spiro atoms. The van der Waals surface area contributed by atoms with Gasteiger partial charge in [-0.3, -0.25) is 14.6 Å². The molecule has 1 saturated heterocycles. The number of aliphatic carboxylic acids is 1. The Kier molecular flexibility index (Phi) is 16.7. The highest BCUT2D eigenvalue weighted by Crippen LogP contribution is 2.33. The summed E-state index contributed by atoms with van der Waals surface area (Å²) in [5.74, 6) is -1.91. The zero-order chi connectivity index (χ0) is 20.8. The molecular weight excluding hydrogens is 461 g/mol. The van der Waals surface area contributed by atoms with Gasteiger partial charge in [-0.15, -0.1) is 37.2 Å². The molecule has 0 saturated carbocycles. The van der Waals surface area contributed by atoms with Crippen LogP contribution in [0.25, 0.3) is 0 Å². The van der Waals surface area contributed by atoms with Crippen LogP contribution < -0.4 is 22.9 Å². The zero-order valence-electron chi connectivity index (χ0n) is 16.8. The predicted molar refractivity (Wildman–Crippen MR) is 123 cm³/mol. The summed E-state index contributed by atoms with van der Waals surface area (Å²) in [6.07, 6.45) is 1.38. The third-order valence-corrected chi connectivity index (χ3v) is 5.09. The van der Waals surface area contributed by atoms with Gasteiger partial charge < -0.3 is 43.0 Å². The average Bonchev–Trinajstić information content (AvgIpc) is 2.58. The molecule has 0 aromatic carbocycles. The molecule has 0 bridgehead atoms. The van der Waals surface area contributed by atoms with Crippen molar-refractivity contribution in [2.24, 2.45) is 33.8 Å². The molecule has 11 nitrogen and oxygen atoms in total. The number of rotatable bonds is 9. The Morgan fingerprint density at radius 2 is 1.83 bits per heavy atom. The van der Waals surface area contributed by atoms with Crippen LogP contribution in [-0.2, 0) is 9.59 Å². The normalized spacial score (nSPS) is 23.7.